The zero-order chi connectivity index (χ0) is 18.2. The molecule has 1 amide bonds. The van der Waals surface area contributed by atoms with E-state index in [0.29, 0.717) is 31.6 Å². The molecule has 0 unspecified atom stereocenters. The first-order chi connectivity index (χ1) is 11.7. The molecule has 2 heterocycles. The van der Waals surface area contributed by atoms with Crippen molar-refractivity contribution in [3.05, 3.63) is 40.4 Å². The molecule has 6 nitrogen and oxygen atoms in total. The van der Waals surface area contributed by atoms with Crippen molar-refractivity contribution in [3.8, 4) is 0 Å². The van der Waals surface area contributed by atoms with Crippen LogP contribution in [-0.4, -0.2) is 47.8 Å². The predicted octanol–water partition coefficient (Wildman–Crippen LogP) is 2.72. The summed E-state index contributed by atoms with van der Waals surface area (Å²) in [5.74, 6) is -0.459. The Morgan fingerprint density at radius 2 is 1.84 bits per heavy atom. The third-order valence-corrected chi connectivity index (χ3v) is 4.06. The second kappa shape index (κ2) is 6.38. The number of anilines is 1. The van der Waals surface area contributed by atoms with Gasteiger partial charge in [0.05, 0.1) is 5.52 Å². The van der Waals surface area contributed by atoms with Crippen molar-refractivity contribution in [1.29, 1.82) is 0 Å². The molecule has 1 saturated heterocycles. The number of piperazine rings is 1. The van der Waals surface area contributed by atoms with Crippen LogP contribution in [0.1, 0.15) is 20.8 Å². The first-order valence-corrected chi connectivity index (χ1v) is 8.28. The van der Waals surface area contributed by atoms with Gasteiger partial charge in [-0.2, -0.15) is 0 Å². The van der Waals surface area contributed by atoms with Crippen LogP contribution >= 0.6 is 0 Å². The Hall–Kier alpha value is -2.57. The zero-order valence-corrected chi connectivity index (χ0v) is 14.6. The van der Waals surface area contributed by atoms with Crippen LogP contribution in [0.25, 0.3) is 10.9 Å². The Morgan fingerprint density at radius 1 is 1.16 bits per heavy atom. The van der Waals surface area contributed by atoms with E-state index in [0.717, 1.165) is 5.69 Å². The molecule has 2 aromatic rings. The highest BCUT2D eigenvalue weighted by molar-refractivity contribution is 5.83. The summed E-state index contributed by atoms with van der Waals surface area (Å²) in [5, 5.41) is 0.643. The van der Waals surface area contributed by atoms with Gasteiger partial charge in [-0.05, 0) is 39.0 Å². The first-order valence-electron chi connectivity index (χ1n) is 8.28. The van der Waals surface area contributed by atoms with Gasteiger partial charge in [0.2, 0.25) is 5.56 Å². The van der Waals surface area contributed by atoms with Crippen LogP contribution < -0.4 is 10.5 Å². The quantitative estimate of drug-likeness (QED) is 0.861. The number of hydrogen-bond donors (Lipinski definition) is 1. The van der Waals surface area contributed by atoms with Gasteiger partial charge in [0.15, 0.2) is 0 Å². The molecule has 0 radical (unpaired) electrons. The second-order valence-corrected chi connectivity index (χ2v) is 7.17. The van der Waals surface area contributed by atoms with Gasteiger partial charge < -0.3 is 19.5 Å². The van der Waals surface area contributed by atoms with Crippen LogP contribution in [0, 0.1) is 5.82 Å². The van der Waals surface area contributed by atoms with Crippen LogP contribution in [0.15, 0.2) is 29.1 Å². The number of aromatic nitrogens is 1. The van der Waals surface area contributed by atoms with Gasteiger partial charge >= 0.3 is 6.09 Å². The number of carbonyl (C=O) groups excluding carboxylic acids is 1. The maximum absolute atomic E-state index is 14.3. The molecule has 0 saturated carbocycles. The molecule has 0 bridgehead atoms. The molecule has 1 aromatic heterocycles. The average molecular weight is 347 g/mol. The minimum absolute atomic E-state index is 0.212. The number of halogens is 1. The summed E-state index contributed by atoms with van der Waals surface area (Å²) in [6.45, 7) is 7.72. The van der Waals surface area contributed by atoms with Crippen LogP contribution in [0.3, 0.4) is 0 Å². The maximum Gasteiger partial charge on any atom is 0.410 e. The SMILES string of the molecule is CC(C)(C)OC(=O)N1CCN(c2cc(F)c3[nH]c(=O)ccc3c2)CC1. The lowest BCUT2D eigenvalue weighted by Gasteiger charge is -2.36. The standard InChI is InChI=1S/C18H22FN3O3/c1-18(2,3)25-17(24)22-8-6-21(7-9-22)13-10-12-4-5-15(23)20-16(12)14(19)11-13/h4-5,10-11H,6-9H2,1-3H3,(H,20,23). The molecule has 1 aromatic carbocycles. The highest BCUT2D eigenvalue weighted by atomic mass is 19.1. The number of nitrogens with one attached hydrogen (secondary N) is 1. The molecule has 0 atom stereocenters. The molecule has 1 fully saturated rings. The lowest BCUT2D eigenvalue weighted by Crippen LogP contribution is -2.50. The first kappa shape index (κ1) is 17.3. The molecule has 3 rings (SSSR count). The van der Waals surface area contributed by atoms with E-state index < -0.39 is 11.4 Å². The van der Waals surface area contributed by atoms with Crippen molar-refractivity contribution in [2.75, 3.05) is 31.1 Å². The van der Waals surface area contributed by atoms with Crippen molar-refractivity contribution >= 4 is 22.7 Å². The Morgan fingerprint density at radius 3 is 2.48 bits per heavy atom. The van der Waals surface area contributed by atoms with E-state index in [9.17, 15) is 14.0 Å². The maximum atomic E-state index is 14.3. The summed E-state index contributed by atoms with van der Waals surface area (Å²) in [6, 6.07) is 6.25. The van der Waals surface area contributed by atoms with Crippen molar-refractivity contribution in [2.24, 2.45) is 0 Å². The number of H-pyrrole nitrogens is 1. The summed E-state index contributed by atoms with van der Waals surface area (Å²) < 4.78 is 19.7. The van der Waals surface area contributed by atoms with E-state index in [2.05, 4.69) is 4.98 Å². The van der Waals surface area contributed by atoms with Gasteiger partial charge in [-0.25, -0.2) is 9.18 Å². The van der Waals surface area contributed by atoms with Crippen molar-refractivity contribution in [3.63, 3.8) is 0 Å². The number of carbonyl (C=O) groups is 1. The molecular weight excluding hydrogens is 325 g/mol. The van der Waals surface area contributed by atoms with E-state index in [-0.39, 0.29) is 17.2 Å². The third kappa shape index (κ3) is 3.92. The van der Waals surface area contributed by atoms with Gasteiger partial charge in [-0.15, -0.1) is 0 Å². The molecule has 25 heavy (non-hydrogen) atoms. The largest absolute Gasteiger partial charge is 0.444 e. The second-order valence-electron chi connectivity index (χ2n) is 7.17. The van der Waals surface area contributed by atoms with Gasteiger partial charge in [0.1, 0.15) is 11.4 Å². The zero-order valence-electron chi connectivity index (χ0n) is 14.6. The summed E-state index contributed by atoms with van der Waals surface area (Å²) in [5.41, 5.74) is 0.0988. The Bertz CT molecular complexity index is 849. The van der Waals surface area contributed by atoms with Gasteiger partial charge in [0, 0.05) is 43.3 Å². The fourth-order valence-corrected chi connectivity index (χ4v) is 2.86. The Labute approximate surface area is 145 Å². The third-order valence-electron chi connectivity index (χ3n) is 4.06. The van der Waals surface area contributed by atoms with Gasteiger partial charge in [-0.1, -0.05) is 0 Å². The normalized spacial score (nSPS) is 15.5. The summed E-state index contributed by atoms with van der Waals surface area (Å²) in [7, 11) is 0. The van der Waals surface area contributed by atoms with Crippen molar-refractivity contribution < 1.29 is 13.9 Å². The van der Waals surface area contributed by atoms with E-state index in [1.54, 1.807) is 11.0 Å². The lowest BCUT2D eigenvalue weighted by atomic mass is 10.1. The van der Waals surface area contributed by atoms with E-state index in [4.69, 9.17) is 4.74 Å². The van der Waals surface area contributed by atoms with E-state index >= 15 is 0 Å². The number of nitrogens with zero attached hydrogens (tertiary/aromatic N) is 2. The van der Waals surface area contributed by atoms with E-state index in [1.165, 1.54) is 12.1 Å². The minimum Gasteiger partial charge on any atom is -0.444 e. The number of amides is 1. The Balaban J connectivity index is 1.73. The summed E-state index contributed by atoms with van der Waals surface area (Å²) in [4.78, 5) is 29.6. The Kier molecular flexibility index (Phi) is 4.41. The van der Waals surface area contributed by atoms with Crippen LogP contribution in [-0.2, 0) is 4.74 Å². The number of fused-ring (bicyclic) bond motifs is 1. The molecular formula is C18H22FN3O3. The molecule has 1 N–H and O–H groups in total. The number of pyridine rings is 1. The van der Waals surface area contributed by atoms with E-state index in [1.807, 2.05) is 31.7 Å². The molecule has 0 spiro atoms. The highest BCUT2D eigenvalue weighted by Gasteiger charge is 2.26. The highest BCUT2D eigenvalue weighted by Crippen LogP contribution is 2.24. The minimum atomic E-state index is -0.521. The van der Waals surface area contributed by atoms with Crippen LogP contribution in [0.5, 0.6) is 0 Å². The molecule has 0 aliphatic carbocycles. The monoisotopic (exact) mass is 347 g/mol. The fourth-order valence-electron chi connectivity index (χ4n) is 2.86. The number of benzene rings is 1. The van der Waals surface area contributed by atoms with Crippen LogP contribution in [0.4, 0.5) is 14.9 Å². The average Bonchev–Trinajstić information content (AvgIpc) is 2.54. The molecule has 7 heteroatoms. The summed E-state index contributed by atoms with van der Waals surface area (Å²) >= 11 is 0. The van der Waals surface area contributed by atoms with Crippen molar-refractivity contribution in [1.82, 2.24) is 9.88 Å². The molecule has 134 valence electrons. The lowest BCUT2D eigenvalue weighted by molar-refractivity contribution is 0.0240. The number of hydrogen-bond acceptors (Lipinski definition) is 4. The molecule has 1 aliphatic heterocycles. The van der Waals surface area contributed by atoms with Gasteiger partial charge in [0.25, 0.3) is 0 Å². The fraction of sp³-hybridized carbons (Fsp3) is 0.444. The predicted molar refractivity (Wildman–Crippen MR) is 94.5 cm³/mol. The topological polar surface area (TPSA) is 65.6 Å². The molecule has 1 aliphatic rings. The van der Waals surface area contributed by atoms with Crippen LogP contribution in [0.2, 0.25) is 0 Å². The number of rotatable bonds is 1. The number of aromatic amines is 1. The number of ether oxygens (including phenoxy) is 1. The smallest absolute Gasteiger partial charge is 0.410 e. The van der Waals surface area contributed by atoms with Gasteiger partial charge in [-0.3, -0.25) is 4.79 Å². The summed E-state index contributed by atoms with van der Waals surface area (Å²) in [6.07, 6.45) is -0.325. The van der Waals surface area contributed by atoms with Crippen molar-refractivity contribution in [2.45, 2.75) is 26.4 Å².